The molecule has 0 spiro atoms. The molecule has 2 rings (SSSR count). The van der Waals surface area contributed by atoms with Gasteiger partial charge in [-0.2, -0.15) is 0 Å². The molecule has 1 heterocycles. The number of anilines is 1. The van der Waals surface area contributed by atoms with Gasteiger partial charge in [-0.3, -0.25) is 10.1 Å². The molecule has 6 heteroatoms. The summed E-state index contributed by atoms with van der Waals surface area (Å²) in [7, 11) is 2.07. The maximum absolute atomic E-state index is 13.3. The summed E-state index contributed by atoms with van der Waals surface area (Å²) < 4.78 is 13.3. The fourth-order valence-electron chi connectivity index (χ4n) is 2.76. The molecule has 1 aliphatic heterocycles. The lowest BCUT2D eigenvalue weighted by molar-refractivity contribution is -0.384. The van der Waals surface area contributed by atoms with Crippen molar-refractivity contribution in [1.29, 1.82) is 0 Å². The second kappa shape index (κ2) is 6.17. The highest BCUT2D eigenvalue weighted by Gasteiger charge is 2.25. The van der Waals surface area contributed by atoms with Crippen LogP contribution in [0.3, 0.4) is 0 Å². The van der Waals surface area contributed by atoms with Gasteiger partial charge >= 0.3 is 0 Å². The van der Waals surface area contributed by atoms with Crippen molar-refractivity contribution in [2.45, 2.75) is 25.8 Å². The van der Waals surface area contributed by atoms with Gasteiger partial charge in [-0.05, 0) is 45.3 Å². The number of hydrogen-bond donors (Lipinski definition) is 1. The zero-order valence-corrected chi connectivity index (χ0v) is 11.8. The van der Waals surface area contributed by atoms with E-state index in [1.165, 1.54) is 12.1 Å². The number of nitro benzene ring substituents is 1. The van der Waals surface area contributed by atoms with Crippen LogP contribution in [0, 0.1) is 21.8 Å². The molecule has 0 amide bonds. The van der Waals surface area contributed by atoms with E-state index < -0.39 is 10.7 Å². The molecule has 1 aliphatic rings. The number of halogens is 1. The van der Waals surface area contributed by atoms with Gasteiger partial charge < -0.3 is 10.2 Å². The molecule has 1 fully saturated rings. The van der Waals surface area contributed by atoms with Crippen molar-refractivity contribution in [2.24, 2.45) is 5.92 Å². The Morgan fingerprint density at radius 1 is 1.55 bits per heavy atom. The highest BCUT2D eigenvalue weighted by molar-refractivity contribution is 5.61. The lowest BCUT2D eigenvalue weighted by atomic mass is 9.91. The molecule has 1 aromatic rings. The Labute approximate surface area is 117 Å². The number of rotatable bonds is 4. The number of piperidine rings is 1. The summed E-state index contributed by atoms with van der Waals surface area (Å²) >= 11 is 0. The van der Waals surface area contributed by atoms with Crippen LogP contribution in [0.15, 0.2) is 18.2 Å². The van der Waals surface area contributed by atoms with Gasteiger partial charge in [0.2, 0.25) is 0 Å². The Morgan fingerprint density at radius 2 is 2.30 bits per heavy atom. The van der Waals surface area contributed by atoms with Crippen LogP contribution in [-0.2, 0) is 0 Å². The van der Waals surface area contributed by atoms with Gasteiger partial charge in [-0.15, -0.1) is 0 Å². The fraction of sp³-hybridized carbons (Fsp3) is 0.571. The van der Waals surface area contributed by atoms with E-state index in [9.17, 15) is 14.5 Å². The van der Waals surface area contributed by atoms with E-state index in [1.54, 1.807) is 0 Å². The first-order valence-electron chi connectivity index (χ1n) is 6.86. The number of nitrogens with zero attached hydrogens (tertiary/aromatic N) is 2. The van der Waals surface area contributed by atoms with Crippen molar-refractivity contribution in [3.8, 4) is 0 Å². The zero-order chi connectivity index (χ0) is 14.7. The van der Waals surface area contributed by atoms with Gasteiger partial charge in [0.15, 0.2) is 0 Å². The molecule has 1 aromatic carbocycles. The van der Waals surface area contributed by atoms with Crippen molar-refractivity contribution in [1.82, 2.24) is 4.90 Å². The summed E-state index contributed by atoms with van der Waals surface area (Å²) in [6, 6.07) is 3.58. The summed E-state index contributed by atoms with van der Waals surface area (Å²) in [5, 5.41) is 14.1. The van der Waals surface area contributed by atoms with Crippen LogP contribution in [0.1, 0.15) is 19.8 Å². The number of benzene rings is 1. The van der Waals surface area contributed by atoms with E-state index in [1.807, 2.05) is 6.92 Å². The molecule has 2 atom stereocenters. The van der Waals surface area contributed by atoms with E-state index in [-0.39, 0.29) is 17.4 Å². The van der Waals surface area contributed by atoms with Gasteiger partial charge in [0.05, 0.1) is 4.92 Å². The molecule has 2 unspecified atom stereocenters. The average molecular weight is 281 g/mol. The molecule has 0 aliphatic carbocycles. The Balaban J connectivity index is 2.12. The zero-order valence-electron chi connectivity index (χ0n) is 11.8. The van der Waals surface area contributed by atoms with Gasteiger partial charge in [0.1, 0.15) is 11.5 Å². The SMILES string of the molecule is CC(Nc1cc(F)ccc1[N+](=O)[O-])C1CCCN(C)C1. The van der Waals surface area contributed by atoms with E-state index in [4.69, 9.17) is 0 Å². The molecule has 0 saturated carbocycles. The summed E-state index contributed by atoms with van der Waals surface area (Å²) in [6.07, 6.45) is 2.21. The molecule has 1 N–H and O–H groups in total. The molecule has 20 heavy (non-hydrogen) atoms. The Morgan fingerprint density at radius 3 is 2.95 bits per heavy atom. The van der Waals surface area contributed by atoms with Crippen LogP contribution in [-0.4, -0.2) is 36.0 Å². The van der Waals surface area contributed by atoms with Crippen LogP contribution in [0.25, 0.3) is 0 Å². The van der Waals surface area contributed by atoms with Crippen molar-refractivity contribution in [3.05, 3.63) is 34.1 Å². The highest BCUT2D eigenvalue weighted by atomic mass is 19.1. The first-order chi connectivity index (χ1) is 9.47. The fourth-order valence-corrected chi connectivity index (χ4v) is 2.76. The third-order valence-electron chi connectivity index (χ3n) is 3.91. The van der Waals surface area contributed by atoms with Gasteiger partial charge in [0, 0.05) is 24.7 Å². The van der Waals surface area contributed by atoms with Crippen LogP contribution in [0.5, 0.6) is 0 Å². The highest BCUT2D eigenvalue weighted by Crippen LogP contribution is 2.28. The molecule has 5 nitrogen and oxygen atoms in total. The molecule has 0 aromatic heterocycles. The normalized spacial score (nSPS) is 21.4. The van der Waals surface area contributed by atoms with Gasteiger partial charge in [-0.1, -0.05) is 0 Å². The van der Waals surface area contributed by atoms with Crippen molar-refractivity contribution < 1.29 is 9.31 Å². The largest absolute Gasteiger partial charge is 0.377 e. The Kier molecular flexibility index (Phi) is 4.54. The van der Waals surface area contributed by atoms with Crippen molar-refractivity contribution >= 4 is 11.4 Å². The van der Waals surface area contributed by atoms with Crippen molar-refractivity contribution in [2.75, 3.05) is 25.5 Å². The molecule has 110 valence electrons. The maximum atomic E-state index is 13.3. The van der Waals surface area contributed by atoms with E-state index in [2.05, 4.69) is 17.3 Å². The van der Waals surface area contributed by atoms with E-state index in [0.717, 1.165) is 32.0 Å². The molecule has 0 radical (unpaired) electrons. The van der Waals surface area contributed by atoms with Gasteiger partial charge in [0.25, 0.3) is 5.69 Å². The second-order valence-corrected chi connectivity index (χ2v) is 5.52. The minimum absolute atomic E-state index is 0.0678. The lowest BCUT2D eigenvalue weighted by Crippen LogP contribution is -2.39. The topological polar surface area (TPSA) is 58.4 Å². The molecular formula is C14H20FN3O2. The quantitative estimate of drug-likeness (QED) is 0.681. The third kappa shape index (κ3) is 3.45. The first-order valence-corrected chi connectivity index (χ1v) is 6.86. The molecule has 1 saturated heterocycles. The summed E-state index contributed by atoms with van der Waals surface area (Å²) in [5.74, 6) is -0.0531. The average Bonchev–Trinajstić information content (AvgIpc) is 2.38. The summed E-state index contributed by atoms with van der Waals surface area (Å²) in [5.41, 5.74) is 0.179. The summed E-state index contributed by atoms with van der Waals surface area (Å²) in [6.45, 7) is 4.04. The van der Waals surface area contributed by atoms with Crippen LogP contribution < -0.4 is 5.32 Å². The maximum Gasteiger partial charge on any atom is 0.292 e. The van der Waals surface area contributed by atoms with E-state index >= 15 is 0 Å². The molecule has 0 bridgehead atoms. The standard InChI is InChI=1S/C14H20FN3O2/c1-10(11-4-3-7-17(2)9-11)16-13-8-12(15)5-6-14(13)18(19)20/h5-6,8,10-11,16H,3-4,7,9H2,1-2H3. The number of nitrogens with one attached hydrogen (secondary N) is 1. The van der Waals surface area contributed by atoms with E-state index in [0.29, 0.717) is 5.92 Å². The van der Waals surface area contributed by atoms with Crippen molar-refractivity contribution in [3.63, 3.8) is 0 Å². The lowest BCUT2D eigenvalue weighted by Gasteiger charge is -2.34. The van der Waals surface area contributed by atoms with Crippen LogP contribution in [0.4, 0.5) is 15.8 Å². The smallest absolute Gasteiger partial charge is 0.292 e. The number of likely N-dealkylation sites (tertiary alicyclic amines) is 1. The minimum Gasteiger partial charge on any atom is -0.377 e. The Hall–Kier alpha value is -1.69. The third-order valence-corrected chi connectivity index (χ3v) is 3.91. The first kappa shape index (κ1) is 14.7. The Bertz CT molecular complexity index is 495. The molecular weight excluding hydrogens is 261 g/mol. The number of nitro groups is 1. The summed E-state index contributed by atoms with van der Waals surface area (Å²) in [4.78, 5) is 12.7. The predicted molar refractivity (Wildman–Crippen MR) is 76.4 cm³/mol. The predicted octanol–water partition coefficient (Wildman–Crippen LogP) is 2.88. The van der Waals surface area contributed by atoms with Gasteiger partial charge in [-0.25, -0.2) is 4.39 Å². The van der Waals surface area contributed by atoms with Crippen LogP contribution in [0.2, 0.25) is 0 Å². The second-order valence-electron chi connectivity index (χ2n) is 5.52. The monoisotopic (exact) mass is 281 g/mol. The van der Waals surface area contributed by atoms with Crippen LogP contribution >= 0.6 is 0 Å². The minimum atomic E-state index is -0.485. The number of hydrogen-bond acceptors (Lipinski definition) is 4.